The van der Waals surface area contributed by atoms with Crippen molar-refractivity contribution in [2.75, 3.05) is 6.54 Å². The van der Waals surface area contributed by atoms with Crippen molar-refractivity contribution in [3.63, 3.8) is 0 Å². The molecule has 1 saturated heterocycles. The molecule has 5 nitrogen and oxygen atoms in total. The van der Waals surface area contributed by atoms with Gasteiger partial charge in [0.15, 0.2) is 0 Å². The monoisotopic (exact) mass is 287 g/mol. The lowest BCUT2D eigenvalue weighted by Gasteiger charge is -2.25. The first-order valence-corrected chi connectivity index (χ1v) is 7.48. The van der Waals surface area contributed by atoms with Gasteiger partial charge < -0.3 is 9.52 Å². The topological polar surface area (TPSA) is 62.4 Å². The molecule has 0 aliphatic carbocycles. The van der Waals surface area contributed by atoms with Crippen LogP contribution in [0.3, 0.4) is 0 Å². The Balaban J connectivity index is 1.61. The molecule has 0 radical (unpaired) electrons. The first-order chi connectivity index (χ1) is 10.2. The molecule has 2 unspecified atom stereocenters. The summed E-state index contributed by atoms with van der Waals surface area (Å²) in [6.45, 7) is 3.50. The van der Waals surface area contributed by atoms with Crippen molar-refractivity contribution < 1.29 is 9.52 Å². The fraction of sp³-hybridized carbons (Fsp3) is 0.500. The van der Waals surface area contributed by atoms with E-state index in [0.717, 1.165) is 31.4 Å². The fourth-order valence-electron chi connectivity index (χ4n) is 3.01. The van der Waals surface area contributed by atoms with E-state index in [4.69, 9.17) is 4.42 Å². The average Bonchev–Trinajstić information content (AvgIpc) is 3.10. The Morgan fingerprint density at radius 1 is 1.33 bits per heavy atom. The van der Waals surface area contributed by atoms with Gasteiger partial charge in [0.05, 0.1) is 12.6 Å². The highest BCUT2D eigenvalue weighted by atomic mass is 16.4. The van der Waals surface area contributed by atoms with Crippen molar-refractivity contribution in [1.29, 1.82) is 0 Å². The van der Waals surface area contributed by atoms with Crippen LogP contribution in [-0.2, 0) is 6.54 Å². The van der Waals surface area contributed by atoms with Crippen LogP contribution in [-0.4, -0.2) is 32.8 Å². The number of likely N-dealkylation sites (tertiary alicyclic amines) is 1. The van der Waals surface area contributed by atoms with Gasteiger partial charge in [-0.2, -0.15) is 0 Å². The highest BCUT2D eigenvalue weighted by Crippen LogP contribution is 2.28. The molecule has 1 N–H and O–H groups in total. The van der Waals surface area contributed by atoms with Gasteiger partial charge in [-0.1, -0.05) is 30.3 Å². The molecular formula is C16H21N3O2. The number of aryl methyl sites for hydroxylation is 1. The third-order valence-corrected chi connectivity index (χ3v) is 4.08. The second-order valence-corrected chi connectivity index (χ2v) is 5.64. The van der Waals surface area contributed by atoms with Crippen molar-refractivity contribution in [1.82, 2.24) is 15.1 Å². The average molecular weight is 287 g/mol. The zero-order valence-electron chi connectivity index (χ0n) is 12.3. The van der Waals surface area contributed by atoms with E-state index in [-0.39, 0.29) is 0 Å². The Morgan fingerprint density at radius 2 is 2.14 bits per heavy atom. The second kappa shape index (κ2) is 6.37. The van der Waals surface area contributed by atoms with Gasteiger partial charge in [-0.15, -0.1) is 10.2 Å². The summed E-state index contributed by atoms with van der Waals surface area (Å²) in [6.07, 6.45) is 2.59. The number of hydrogen-bond donors (Lipinski definition) is 1. The van der Waals surface area contributed by atoms with E-state index >= 15 is 0 Å². The largest absolute Gasteiger partial charge is 0.424 e. The SMILES string of the molecule is Cc1nnc(CN2CCCC2CC(O)c2ccccc2)o1. The number of nitrogens with zero attached hydrogens (tertiary/aromatic N) is 3. The molecule has 1 aliphatic rings. The van der Waals surface area contributed by atoms with Crippen LogP contribution < -0.4 is 0 Å². The van der Waals surface area contributed by atoms with Crippen molar-refractivity contribution in [3.05, 3.63) is 47.7 Å². The molecule has 2 heterocycles. The Morgan fingerprint density at radius 3 is 2.86 bits per heavy atom. The van der Waals surface area contributed by atoms with Gasteiger partial charge in [0, 0.05) is 13.0 Å². The van der Waals surface area contributed by atoms with Crippen LogP contribution in [0.2, 0.25) is 0 Å². The molecule has 112 valence electrons. The number of aliphatic hydroxyl groups excluding tert-OH is 1. The molecule has 0 amide bonds. The number of aromatic nitrogens is 2. The Kier molecular flexibility index (Phi) is 4.31. The molecular weight excluding hydrogens is 266 g/mol. The molecule has 3 rings (SSSR count). The van der Waals surface area contributed by atoms with E-state index in [1.54, 1.807) is 6.92 Å². The highest BCUT2D eigenvalue weighted by molar-refractivity contribution is 5.17. The van der Waals surface area contributed by atoms with Gasteiger partial charge in [0.2, 0.25) is 11.8 Å². The van der Waals surface area contributed by atoms with Crippen molar-refractivity contribution in [2.24, 2.45) is 0 Å². The molecule has 2 atom stereocenters. The third kappa shape index (κ3) is 3.49. The number of hydrogen-bond acceptors (Lipinski definition) is 5. The van der Waals surface area contributed by atoms with Crippen LogP contribution in [0.25, 0.3) is 0 Å². The summed E-state index contributed by atoms with van der Waals surface area (Å²) < 4.78 is 5.46. The lowest BCUT2D eigenvalue weighted by Crippen LogP contribution is -2.30. The van der Waals surface area contributed by atoms with Crippen molar-refractivity contribution >= 4 is 0 Å². The normalized spacial score (nSPS) is 20.8. The summed E-state index contributed by atoms with van der Waals surface area (Å²) in [6, 6.07) is 10.2. The highest BCUT2D eigenvalue weighted by Gasteiger charge is 2.28. The molecule has 0 bridgehead atoms. The zero-order chi connectivity index (χ0) is 14.7. The van der Waals surface area contributed by atoms with E-state index in [9.17, 15) is 5.11 Å². The standard InChI is InChI=1S/C16H21N3O2/c1-12-17-18-16(21-12)11-19-9-5-8-14(19)10-15(20)13-6-3-2-4-7-13/h2-4,6-7,14-15,20H,5,8-11H2,1H3. The predicted octanol–water partition coefficient (Wildman–Crippen LogP) is 2.47. The van der Waals surface area contributed by atoms with E-state index in [1.165, 1.54) is 0 Å². The van der Waals surface area contributed by atoms with Crippen LogP contribution >= 0.6 is 0 Å². The fourth-order valence-corrected chi connectivity index (χ4v) is 3.01. The van der Waals surface area contributed by atoms with E-state index in [0.29, 0.717) is 24.4 Å². The first kappa shape index (κ1) is 14.2. The van der Waals surface area contributed by atoms with Crippen LogP contribution in [0.15, 0.2) is 34.7 Å². The Labute approximate surface area is 124 Å². The van der Waals surface area contributed by atoms with E-state index in [1.807, 2.05) is 30.3 Å². The van der Waals surface area contributed by atoms with Crippen LogP contribution in [0.1, 0.15) is 42.7 Å². The van der Waals surface area contributed by atoms with Crippen LogP contribution in [0.4, 0.5) is 0 Å². The Bertz CT molecular complexity index is 570. The maximum atomic E-state index is 10.4. The van der Waals surface area contributed by atoms with Gasteiger partial charge >= 0.3 is 0 Å². The predicted molar refractivity (Wildman–Crippen MR) is 78.5 cm³/mol. The van der Waals surface area contributed by atoms with Gasteiger partial charge in [0.1, 0.15) is 0 Å². The summed E-state index contributed by atoms with van der Waals surface area (Å²) in [7, 11) is 0. The summed E-state index contributed by atoms with van der Waals surface area (Å²) in [5.74, 6) is 1.26. The first-order valence-electron chi connectivity index (χ1n) is 7.48. The number of benzene rings is 1. The van der Waals surface area contributed by atoms with Crippen molar-refractivity contribution in [3.8, 4) is 0 Å². The number of aliphatic hydroxyl groups is 1. The van der Waals surface area contributed by atoms with Gasteiger partial charge in [-0.3, -0.25) is 4.90 Å². The molecule has 0 saturated carbocycles. The maximum Gasteiger partial charge on any atom is 0.230 e. The third-order valence-electron chi connectivity index (χ3n) is 4.08. The van der Waals surface area contributed by atoms with Crippen molar-refractivity contribution in [2.45, 2.75) is 44.9 Å². The molecule has 1 aromatic carbocycles. The summed E-state index contributed by atoms with van der Waals surface area (Å²) in [5, 5.41) is 18.3. The molecule has 1 aliphatic heterocycles. The van der Waals surface area contributed by atoms with Gasteiger partial charge in [-0.25, -0.2) is 0 Å². The summed E-state index contributed by atoms with van der Waals surface area (Å²) in [5.41, 5.74) is 0.984. The molecule has 21 heavy (non-hydrogen) atoms. The summed E-state index contributed by atoms with van der Waals surface area (Å²) >= 11 is 0. The second-order valence-electron chi connectivity index (χ2n) is 5.64. The van der Waals surface area contributed by atoms with Crippen LogP contribution in [0, 0.1) is 6.92 Å². The smallest absolute Gasteiger partial charge is 0.230 e. The van der Waals surface area contributed by atoms with Gasteiger partial charge in [0.25, 0.3) is 0 Å². The van der Waals surface area contributed by atoms with Gasteiger partial charge in [-0.05, 0) is 31.4 Å². The number of rotatable bonds is 5. The quantitative estimate of drug-likeness (QED) is 0.915. The molecule has 1 aromatic heterocycles. The summed E-state index contributed by atoms with van der Waals surface area (Å²) in [4.78, 5) is 2.33. The van der Waals surface area contributed by atoms with Crippen LogP contribution in [0.5, 0.6) is 0 Å². The minimum atomic E-state index is -0.416. The lowest BCUT2D eigenvalue weighted by atomic mass is 10.0. The van der Waals surface area contributed by atoms with E-state index < -0.39 is 6.10 Å². The Hall–Kier alpha value is -1.72. The maximum absolute atomic E-state index is 10.4. The lowest BCUT2D eigenvalue weighted by molar-refractivity contribution is 0.113. The molecule has 1 fully saturated rings. The minimum Gasteiger partial charge on any atom is -0.424 e. The van der Waals surface area contributed by atoms with E-state index in [2.05, 4.69) is 15.1 Å². The zero-order valence-corrected chi connectivity index (χ0v) is 12.3. The minimum absolute atomic E-state index is 0.368. The molecule has 5 heteroatoms. The molecule has 0 spiro atoms. The molecule has 2 aromatic rings.